The van der Waals surface area contributed by atoms with Crippen molar-refractivity contribution >= 4 is 22.6 Å². The predicted octanol–water partition coefficient (Wildman–Crippen LogP) is 3.43. The maximum atomic E-state index is 13.5. The largest absolute Gasteiger partial charge is 0.326 e. The van der Waals surface area contributed by atoms with Crippen LogP contribution < -0.4 is 0 Å². The molecule has 20 heavy (non-hydrogen) atoms. The summed E-state index contributed by atoms with van der Waals surface area (Å²) in [5.74, 6) is 1.19. The van der Waals surface area contributed by atoms with E-state index in [2.05, 4.69) is 21.5 Å². The summed E-state index contributed by atoms with van der Waals surface area (Å²) in [6.07, 6.45) is 1.17. The summed E-state index contributed by atoms with van der Waals surface area (Å²) in [4.78, 5) is 6.89. The monoisotopic (exact) mass is 295 g/mol. The maximum absolute atomic E-state index is 13.5. The first-order valence-corrected chi connectivity index (χ1v) is 7.46. The Kier molecular flexibility index (Phi) is 3.69. The second kappa shape index (κ2) is 5.34. The van der Waals surface area contributed by atoms with E-state index in [0.29, 0.717) is 5.92 Å². The van der Waals surface area contributed by atoms with Gasteiger partial charge in [0.15, 0.2) is 0 Å². The van der Waals surface area contributed by atoms with Crippen LogP contribution in [0.15, 0.2) is 18.2 Å². The number of alkyl halides is 1. The van der Waals surface area contributed by atoms with Gasteiger partial charge in [0.2, 0.25) is 0 Å². The normalized spacial score (nSPS) is 21.7. The van der Waals surface area contributed by atoms with Crippen molar-refractivity contribution in [2.24, 2.45) is 5.92 Å². The first-order valence-electron chi connectivity index (χ1n) is 7.03. The molecule has 0 saturated carbocycles. The van der Waals surface area contributed by atoms with Crippen molar-refractivity contribution in [1.29, 1.82) is 0 Å². The molecular weight excluding hydrogens is 277 g/mol. The van der Waals surface area contributed by atoms with Gasteiger partial charge in [-0.15, -0.1) is 11.6 Å². The minimum Gasteiger partial charge on any atom is -0.326 e. The van der Waals surface area contributed by atoms with E-state index in [1.807, 2.05) is 6.92 Å². The number of fused-ring (bicyclic) bond motifs is 1. The average molecular weight is 296 g/mol. The molecule has 0 N–H and O–H groups in total. The lowest BCUT2D eigenvalue weighted by Gasteiger charge is -2.15. The number of hydrogen-bond acceptors (Lipinski definition) is 2. The second-order valence-electron chi connectivity index (χ2n) is 5.75. The molecule has 1 aromatic carbocycles. The molecule has 0 bridgehead atoms. The van der Waals surface area contributed by atoms with E-state index in [0.717, 1.165) is 36.5 Å². The van der Waals surface area contributed by atoms with Crippen molar-refractivity contribution < 1.29 is 4.39 Å². The Morgan fingerprint density at radius 2 is 2.30 bits per heavy atom. The highest BCUT2D eigenvalue weighted by atomic mass is 35.5. The first-order chi connectivity index (χ1) is 9.54. The van der Waals surface area contributed by atoms with Gasteiger partial charge in [-0.05, 0) is 51.1 Å². The average Bonchev–Trinajstić information content (AvgIpc) is 2.95. The molecule has 108 valence electrons. The van der Waals surface area contributed by atoms with Crippen LogP contribution in [0.3, 0.4) is 0 Å². The summed E-state index contributed by atoms with van der Waals surface area (Å²) in [6, 6.07) is 4.74. The lowest BCUT2D eigenvalue weighted by atomic mass is 10.1. The third-order valence-corrected chi connectivity index (χ3v) is 4.22. The van der Waals surface area contributed by atoms with Crippen LogP contribution in [0.1, 0.15) is 24.5 Å². The summed E-state index contributed by atoms with van der Waals surface area (Å²) >= 11 is 6.25. The van der Waals surface area contributed by atoms with Crippen LogP contribution in [0.4, 0.5) is 4.39 Å². The summed E-state index contributed by atoms with van der Waals surface area (Å²) in [5, 5.41) is -0.176. The van der Waals surface area contributed by atoms with E-state index >= 15 is 0 Å². The Balaban J connectivity index is 2.01. The quantitative estimate of drug-likeness (QED) is 0.809. The van der Waals surface area contributed by atoms with E-state index in [9.17, 15) is 4.39 Å². The Labute approximate surface area is 123 Å². The standard InChI is InChI=1S/C15H19ClFN3/c1-10(16)15-18-13-4-3-12(17)7-14(13)20(15)9-11-5-6-19(2)8-11/h3-4,7,10-11H,5-6,8-9H2,1-2H3. The third kappa shape index (κ3) is 2.54. The van der Waals surface area contributed by atoms with Crippen LogP contribution in [-0.2, 0) is 6.54 Å². The Morgan fingerprint density at radius 1 is 1.50 bits per heavy atom. The molecule has 1 saturated heterocycles. The molecule has 2 atom stereocenters. The van der Waals surface area contributed by atoms with Crippen LogP contribution in [0.25, 0.3) is 11.0 Å². The molecule has 3 nitrogen and oxygen atoms in total. The molecular formula is C15H19ClFN3. The van der Waals surface area contributed by atoms with Gasteiger partial charge in [-0.25, -0.2) is 9.37 Å². The number of nitrogens with zero attached hydrogens (tertiary/aromatic N) is 3. The van der Waals surface area contributed by atoms with E-state index in [1.165, 1.54) is 12.5 Å². The Hall–Kier alpha value is -1.13. The summed E-state index contributed by atoms with van der Waals surface area (Å²) in [5.41, 5.74) is 1.67. The van der Waals surface area contributed by atoms with Crippen molar-refractivity contribution in [3.05, 3.63) is 29.8 Å². The fourth-order valence-electron chi connectivity index (χ4n) is 3.04. The number of rotatable bonds is 3. The third-order valence-electron chi connectivity index (χ3n) is 4.03. The second-order valence-corrected chi connectivity index (χ2v) is 6.40. The summed E-state index contributed by atoms with van der Waals surface area (Å²) in [6.45, 7) is 4.97. The molecule has 1 fully saturated rings. The zero-order valence-electron chi connectivity index (χ0n) is 11.8. The number of hydrogen-bond donors (Lipinski definition) is 0. The molecule has 1 aliphatic heterocycles. The highest BCUT2D eigenvalue weighted by molar-refractivity contribution is 6.20. The summed E-state index contributed by atoms with van der Waals surface area (Å²) in [7, 11) is 2.14. The van der Waals surface area contributed by atoms with Crippen LogP contribution in [0.2, 0.25) is 0 Å². The minimum absolute atomic E-state index is 0.176. The van der Waals surface area contributed by atoms with Crippen molar-refractivity contribution in [3.8, 4) is 0 Å². The fourth-order valence-corrected chi connectivity index (χ4v) is 3.21. The summed E-state index contributed by atoms with van der Waals surface area (Å²) < 4.78 is 15.6. The lowest BCUT2D eigenvalue weighted by Crippen LogP contribution is -2.18. The van der Waals surface area contributed by atoms with Gasteiger partial charge in [-0.2, -0.15) is 0 Å². The van der Waals surface area contributed by atoms with E-state index in [4.69, 9.17) is 11.6 Å². The first kappa shape index (κ1) is 13.8. The highest BCUT2D eigenvalue weighted by Crippen LogP contribution is 2.28. The number of benzene rings is 1. The van der Waals surface area contributed by atoms with Gasteiger partial charge in [0, 0.05) is 13.1 Å². The molecule has 1 aromatic heterocycles. The molecule has 2 heterocycles. The highest BCUT2D eigenvalue weighted by Gasteiger charge is 2.23. The molecule has 2 aromatic rings. The molecule has 1 aliphatic rings. The minimum atomic E-state index is -0.226. The molecule has 0 aliphatic carbocycles. The number of aromatic nitrogens is 2. The van der Waals surface area contributed by atoms with Gasteiger partial charge in [-0.3, -0.25) is 0 Å². The van der Waals surface area contributed by atoms with Crippen LogP contribution in [0.5, 0.6) is 0 Å². The molecule has 0 amide bonds. The number of halogens is 2. The van der Waals surface area contributed by atoms with Crippen molar-refractivity contribution in [2.75, 3.05) is 20.1 Å². The van der Waals surface area contributed by atoms with E-state index in [-0.39, 0.29) is 11.2 Å². The van der Waals surface area contributed by atoms with Gasteiger partial charge in [0.25, 0.3) is 0 Å². The molecule has 5 heteroatoms. The number of likely N-dealkylation sites (tertiary alicyclic amines) is 1. The van der Waals surface area contributed by atoms with Gasteiger partial charge < -0.3 is 9.47 Å². The van der Waals surface area contributed by atoms with E-state index < -0.39 is 0 Å². The maximum Gasteiger partial charge on any atom is 0.127 e. The SMILES string of the molecule is CC(Cl)c1nc2ccc(F)cc2n1CC1CCN(C)C1. The van der Waals surface area contributed by atoms with Gasteiger partial charge in [0.05, 0.1) is 16.4 Å². The fraction of sp³-hybridized carbons (Fsp3) is 0.533. The van der Waals surface area contributed by atoms with Gasteiger partial charge in [-0.1, -0.05) is 0 Å². The smallest absolute Gasteiger partial charge is 0.127 e. The molecule has 0 spiro atoms. The molecule has 3 rings (SSSR count). The Bertz CT molecular complexity index is 623. The topological polar surface area (TPSA) is 21.1 Å². The molecule has 2 unspecified atom stereocenters. The van der Waals surface area contributed by atoms with Crippen molar-refractivity contribution in [1.82, 2.24) is 14.5 Å². The Morgan fingerprint density at radius 3 is 2.95 bits per heavy atom. The van der Waals surface area contributed by atoms with Crippen molar-refractivity contribution in [3.63, 3.8) is 0 Å². The predicted molar refractivity (Wildman–Crippen MR) is 79.6 cm³/mol. The van der Waals surface area contributed by atoms with E-state index in [1.54, 1.807) is 12.1 Å². The van der Waals surface area contributed by atoms with Crippen LogP contribution in [0, 0.1) is 11.7 Å². The van der Waals surface area contributed by atoms with Crippen LogP contribution >= 0.6 is 11.6 Å². The zero-order chi connectivity index (χ0) is 14.3. The number of imidazole rings is 1. The van der Waals surface area contributed by atoms with Gasteiger partial charge in [0.1, 0.15) is 11.6 Å². The lowest BCUT2D eigenvalue weighted by molar-refractivity contribution is 0.377. The molecule has 0 radical (unpaired) electrons. The van der Waals surface area contributed by atoms with Gasteiger partial charge >= 0.3 is 0 Å². The zero-order valence-corrected chi connectivity index (χ0v) is 12.6. The van der Waals surface area contributed by atoms with Crippen molar-refractivity contribution in [2.45, 2.75) is 25.3 Å². The van der Waals surface area contributed by atoms with Crippen LogP contribution in [-0.4, -0.2) is 34.6 Å².